The van der Waals surface area contributed by atoms with Crippen molar-refractivity contribution in [3.8, 4) is 0 Å². The van der Waals surface area contributed by atoms with Crippen LogP contribution in [0.15, 0.2) is 49.9 Å². The predicted octanol–water partition coefficient (Wildman–Crippen LogP) is 5.05. The minimum atomic E-state index is -0.0000926. The second kappa shape index (κ2) is 6.08. The standard InChI is InChI=1S/C17H18BrNO2/c1-3-12-16(11-7-5-6-8-13(11)20-12)17(19-4-2)14-9-10-15(18)21-14/h5-10,17,19H,3-4H2,1-2H3. The minimum absolute atomic E-state index is 0.0000926. The number of hydrogen-bond donors (Lipinski definition) is 1. The van der Waals surface area contributed by atoms with Gasteiger partial charge in [0.15, 0.2) is 4.67 Å². The number of benzene rings is 1. The quantitative estimate of drug-likeness (QED) is 0.701. The maximum absolute atomic E-state index is 6.01. The second-order valence-corrected chi connectivity index (χ2v) is 5.70. The van der Waals surface area contributed by atoms with Gasteiger partial charge in [0.2, 0.25) is 0 Å². The van der Waals surface area contributed by atoms with Crippen LogP contribution >= 0.6 is 15.9 Å². The van der Waals surface area contributed by atoms with E-state index in [-0.39, 0.29) is 6.04 Å². The Kier molecular flexibility index (Phi) is 4.17. The zero-order chi connectivity index (χ0) is 14.8. The highest BCUT2D eigenvalue weighted by Gasteiger charge is 2.25. The van der Waals surface area contributed by atoms with Gasteiger partial charge in [-0.2, -0.15) is 0 Å². The van der Waals surface area contributed by atoms with E-state index in [1.54, 1.807) is 0 Å². The van der Waals surface area contributed by atoms with Crippen molar-refractivity contribution in [3.63, 3.8) is 0 Å². The van der Waals surface area contributed by atoms with Crippen LogP contribution in [0, 0.1) is 0 Å². The molecule has 3 nitrogen and oxygen atoms in total. The highest BCUT2D eigenvalue weighted by Crippen LogP contribution is 2.35. The largest absolute Gasteiger partial charge is 0.461 e. The van der Waals surface area contributed by atoms with Crippen molar-refractivity contribution in [2.75, 3.05) is 6.54 Å². The van der Waals surface area contributed by atoms with Gasteiger partial charge in [0.05, 0.1) is 6.04 Å². The lowest BCUT2D eigenvalue weighted by Crippen LogP contribution is -2.22. The molecule has 0 bridgehead atoms. The van der Waals surface area contributed by atoms with E-state index >= 15 is 0 Å². The molecule has 1 atom stereocenters. The van der Waals surface area contributed by atoms with Gasteiger partial charge in [-0.3, -0.25) is 0 Å². The maximum Gasteiger partial charge on any atom is 0.169 e. The Balaban J connectivity index is 2.18. The first kappa shape index (κ1) is 14.4. The summed E-state index contributed by atoms with van der Waals surface area (Å²) in [6.45, 7) is 5.06. The van der Waals surface area contributed by atoms with E-state index in [1.807, 2.05) is 30.3 Å². The Labute approximate surface area is 132 Å². The van der Waals surface area contributed by atoms with Crippen LogP contribution in [0.3, 0.4) is 0 Å². The van der Waals surface area contributed by atoms with Crippen molar-refractivity contribution in [2.45, 2.75) is 26.3 Å². The molecule has 0 fully saturated rings. The molecule has 4 heteroatoms. The Bertz CT molecular complexity index is 744. The maximum atomic E-state index is 6.01. The van der Waals surface area contributed by atoms with Crippen molar-refractivity contribution in [1.82, 2.24) is 5.32 Å². The van der Waals surface area contributed by atoms with Crippen LogP contribution in [0.1, 0.15) is 37.0 Å². The summed E-state index contributed by atoms with van der Waals surface area (Å²) in [7, 11) is 0. The van der Waals surface area contributed by atoms with Gasteiger partial charge in [0.1, 0.15) is 17.1 Å². The van der Waals surface area contributed by atoms with Crippen LogP contribution in [0.25, 0.3) is 11.0 Å². The molecule has 3 aromatic rings. The smallest absolute Gasteiger partial charge is 0.169 e. The Morgan fingerprint density at radius 2 is 1.90 bits per heavy atom. The van der Waals surface area contributed by atoms with Crippen molar-refractivity contribution >= 4 is 26.9 Å². The SMILES string of the molecule is CCNC(c1ccc(Br)o1)c1c(CC)oc2ccccc12. The monoisotopic (exact) mass is 347 g/mol. The van der Waals surface area contributed by atoms with E-state index in [0.717, 1.165) is 40.1 Å². The summed E-state index contributed by atoms with van der Waals surface area (Å²) in [5.74, 6) is 1.90. The molecule has 3 rings (SSSR count). The van der Waals surface area contributed by atoms with E-state index < -0.39 is 0 Å². The fourth-order valence-corrected chi connectivity index (χ4v) is 3.05. The zero-order valence-electron chi connectivity index (χ0n) is 12.2. The predicted molar refractivity (Wildman–Crippen MR) is 87.5 cm³/mol. The Morgan fingerprint density at radius 1 is 1.10 bits per heavy atom. The van der Waals surface area contributed by atoms with Crippen LogP contribution in [0.5, 0.6) is 0 Å². The molecule has 2 aromatic heterocycles. The van der Waals surface area contributed by atoms with Gasteiger partial charge in [0.25, 0.3) is 0 Å². The molecule has 2 heterocycles. The third-order valence-corrected chi connectivity index (χ3v) is 4.03. The van der Waals surface area contributed by atoms with E-state index in [4.69, 9.17) is 8.83 Å². The molecule has 0 amide bonds. The van der Waals surface area contributed by atoms with Crippen LogP contribution in [0.2, 0.25) is 0 Å². The fourth-order valence-electron chi connectivity index (χ4n) is 2.73. The molecule has 21 heavy (non-hydrogen) atoms. The van der Waals surface area contributed by atoms with Gasteiger partial charge in [-0.25, -0.2) is 0 Å². The van der Waals surface area contributed by atoms with Gasteiger partial charge in [0, 0.05) is 17.4 Å². The molecule has 0 aliphatic carbocycles. The summed E-state index contributed by atoms with van der Waals surface area (Å²) in [4.78, 5) is 0. The average molecular weight is 348 g/mol. The number of nitrogens with one attached hydrogen (secondary N) is 1. The number of para-hydroxylation sites is 1. The van der Waals surface area contributed by atoms with Crippen LogP contribution in [0.4, 0.5) is 0 Å². The number of hydrogen-bond acceptors (Lipinski definition) is 3. The highest BCUT2D eigenvalue weighted by atomic mass is 79.9. The zero-order valence-corrected chi connectivity index (χ0v) is 13.7. The fraction of sp³-hybridized carbons (Fsp3) is 0.294. The van der Waals surface area contributed by atoms with Crippen LogP contribution in [-0.4, -0.2) is 6.54 Å². The topological polar surface area (TPSA) is 38.3 Å². The van der Waals surface area contributed by atoms with Crippen LogP contribution < -0.4 is 5.32 Å². The summed E-state index contributed by atoms with van der Waals surface area (Å²) in [6, 6.07) is 12.1. The van der Waals surface area contributed by atoms with E-state index in [9.17, 15) is 0 Å². The van der Waals surface area contributed by atoms with Gasteiger partial charge >= 0.3 is 0 Å². The summed E-state index contributed by atoms with van der Waals surface area (Å²) in [5.41, 5.74) is 2.11. The Morgan fingerprint density at radius 3 is 2.57 bits per heavy atom. The summed E-state index contributed by atoms with van der Waals surface area (Å²) in [6.07, 6.45) is 0.855. The number of rotatable bonds is 5. The summed E-state index contributed by atoms with van der Waals surface area (Å²) >= 11 is 3.38. The summed E-state index contributed by atoms with van der Waals surface area (Å²) < 4.78 is 12.5. The molecule has 0 aliphatic heterocycles. The second-order valence-electron chi connectivity index (χ2n) is 4.92. The molecular formula is C17H18BrNO2. The molecule has 0 aliphatic rings. The summed E-state index contributed by atoms with van der Waals surface area (Å²) in [5, 5.41) is 4.65. The van der Waals surface area contributed by atoms with Gasteiger partial charge < -0.3 is 14.2 Å². The first-order chi connectivity index (χ1) is 10.2. The molecule has 110 valence electrons. The first-order valence-corrected chi connectivity index (χ1v) is 8.02. The van der Waals surface area contributed by atoms with Crippen molar-refractivity contribution < 1.29 is 8.83 Å². The molecular weight excluding hydrogens is 330 g/mol. The van der Waals surface area contributed by atoms with Gasteiger partial charge in [-0.05, 0) is 40.7 Å². The first-order valence-electron chi connectivity index (χ1n) is 7.23. The average Bonchev–Trinajstić information content (AvgIpc) is 3.08. The van der Waals surface area contributed by atoms with Crippen molar-refractivity contribution in [2.24, 2.45) is 0 Å². The molecule has 0 saturated carbocycles. The van der Waals surface area contributed by atoms with Gasteiger partial charge in [-0.15, -0.1) is 0 Å². The van der Waals surface area contributed by atoms with E-state index in [0.29, 0.717) is 0 Å². The Hall–Kier alpha value is -1.52. The molecule has 1 unspecified atom stereocenters. The molecule has 1 N–H and O–H groups in total. The lowest BCUT2D eigenvalue weighted by molar-refractivity contribution is 0.432. The lowest BCUT2D eigenvalue weighted by atomic mass is 9.99. The van der Waals surface area contributed by atoms with Crippen LogP contribution in [-0.2, 0) is 6.42 Å². The molecule has 1 aromatic carbocycles. The van der Waals surface area contributed by atoms with E-state index in [2.05, 4.69) is 41.2 Å². The third-order valence-electron chi connectivity index (χ3n) is 3.61. The van der Waals surface area contributed by atoms with Crippen molar-refractivity contribution in [3.05, 3.63) is 58.2 Å². The third kappa shape index (κ3) is 2.65. The normalized spacial score (nSPS) is 12.9. The number of fused-ring (bicyclic) bond motifs is 1. The van der Waals surface area contributed by atoms with Crippen molar-refractivity contribution in [1.29, 1.82) is 0 Å². The number of halogens is 1. The lowest BCUT2D eigenvalue weighted by Gasteiger charge is -2.16. The van der Waals surface area contributed by atoms with Gasteiger partial charge in [-0.1, -0.05) is 32.0 Å². The molecule has 0 spiro atoms. The van der Waals surface area contributed by atoms with E-state index in [1.165, 1.54) is 5.56 Å². The number of aryl methyl sites for hydroxylation is 1. The number of furan rings is 2. The highest BCUT2D eigenvalue weighted by molar-refractivity contribution is 9.10. The molecule has 0 saturated heterocycles. The minimum Gasteiger partial charge on any atom is -0.461 e. The molecule has 0 radical (unpaired) electrons.